The lowest BCUT2D eigenvalue weighted by Gasteiger charge is -2.14. The molecule has 0 aliphatic heterocycles. The Morgan fingerprint density at radius 3 is 2.86 bits per heavy atom. The van der Waals surface area contributed by atoms with Crippen LogP contribution < -0.4 is 0 Å². The van der Waals surface area contributed by atoms with Crippen LogP contribution in [0.3, 0.4) is 0 Å². The van der Waals surface area contributed by atoms with Gasteiger partial charge in [0.1, 0.15) is 0 Å². The van der Waals surface area contributed by atoms with Crippen molar-refractivity contribution in [2.75, 3.05) is 0 Å². The normalized spacial score (nSPS) is 11.3. The second kappa shape index (κ2) is 4.61. The fraction of sp³-hybridized carbons (Fsp3) is 0.600. The lowest BCUT2D eigenvalue weighted by atomic mass is 9.90. The fourth-order valence-corrected chi connectivity index (χ4v) is 1.53. The van der Waals surface area contributed by atoms with E-state index in [0.29, 0.717) is 0 Å². The van der Waals surface area contributed by atoms with Gasteiger partial charge in [-0.05, 0) is 42.6 Å². The summed E-state index contributed by atoms with van der Waals surface area (Å²) >= 11 is 3.34. The smallest absolute Gasteiger partial charge is 0.0683 e. The minimum Gasteiger partial charge on any atom is -0.272 e. The van der Waals surface area contributed by atoms with Crippen LogP contribution in [-0.4, -0.2) is 9.78 Å². The predicted molar refractivity (Wildman–Crippen MR) is 58.6 cm³/mol. The van der Waals surface area contributed by atoms with E-state index < -0.39 is 0 Å². The monoisotopic (exact) mass is 255 g/mol. The topological polar surface area (TPSA) is 41.6 Å². The van der Waals surface area contributed by atoms with Crippen molar-refractivity contribution in [3.63, 3.8) is 0 Å². The molecular weight excluding hydrogens is 242 g/mol. The van der Waals surface area contributed by atoms with Gasteiger partial charge in [0.05, 0.1) is 22.2 Å². The average molecular weight is 256 g/mol. The van der Waals surface area contributed by atoms with E-state index >= 15 is 0 Å². The Balaban J connectivity index is 2.33. The number of aryl methyl sites for hydroxylation is 1. The highest BCUT2D eigenvalue weighted by atomic mass is 79.9. The Hall–Kier alpha value is -0.820. The maximum Gasteiger partial charge on any atom is 0.0683 e. The summed E-state index contributed by atoms with van der Waals surface area (Å²) in [6.45, 7) is 4.80. The largest absolute Gasteiger partial charge is 0.272 e. The summed E-state index contributed by atoms with van der Waals surface area (Å²) in [6.07, 6.45) is 5.60. The van der Waals surface area contributed by atoms with Crippen molar-refractivity contribution >= 4 is 15.9 Å². The van der Waals surface area contributed by atoms with E-state index in [1.165, 1.54) is 0 Å². The highest BCUT2D eigenvalue weighted by molar-refractivity contribution is 9.10. The molecule has 0 spiro atoms. The first-order valence-electron chi connectivity index (χ1n) is 4.63. The third-order valence-electron chi connectivity index (χ3n) is 2.09. The number of hydrogen-bond donors (Lipinski definition) is 0. The first kappa shape index (κ1) is 11.3. The third kappa shape index (κ3) is 3.51. The molecule has 0 saturated carbocycles. The van der Waals surface area contributed by atoms with Crippen molar-refractivity contribution in [3.05, 3.63) is 16.9 Å². The Morgan fingerprint density at radius 1 is 1.64 bits per heavy atom. The maximum absolute atomic E-state index is 8.82. The van der Waals surface area contributed by atoms with Gasteiger partial charge in [-0.15, -0.1) is 0 Å². The number of aromatic nitrogens is 2. The van der Waals surface area contributed by atoms with Gasteiger partial charge < -0.3 is 0 Å². The van der Waals surface area contributed by atoms with E-state index in [0.717, 1.165) is 23.9 Å². The lowest BCUT2D eigenvalue weighted by Crippen LogP contribution is -2.09. The summed E-state index contributed by atoms with van der Waals surface area (Å²) in [4.78, 5) is 0. The number of nitriles is 1. The molecule has 0 aliphatic rings. The van der Waals surface area contributed by atoms with Crippen LogP contribution >= 0.6 is 15.9 Å². The minimum atomic E-state index is -0.218. The molecule has 0 aromatic carbocycles. The second-order valence-electron chi connectivity index (χ2n) is 4.02. The molecule has 0 amide bonds. The summed E-state index contributed by atoms with van der Waals surface area (Å²) in [5, 5.41) is 13.0. The molecule has 1 rings (SSSR count). The molecule has 4 heteroatoms. The summed E-state index contributed by atoms with van der Waals surface area (Å²) in [6, 6.07) is 2.29. The van der Waals surface area contributed by atoms with Gasteiger partial charge in [-0.1, -0.05) is 0 Å². The highest BCUT2D eigenvalue weighted by Gasteiger charge is 2.15. The zero-order valence-corrected chi connectivity index (χ0v) is 10.1. The average Bonchev–Trinajstić information content (AvgIpc) is 2.51. The molecule has 0 radical (unpaired) electrons. The number of rotatable bonds is 4. The van der Waals surface area contributed by atoms with Crippen molar-refractivity contribution in [1.82, 2.24) is 9.78 Å². The van der Waals surface area contributed by atoms with Crippen LogP contribution in [0.1, 0.15) is 26.7 Å². The lowest BCUT2D eigenvalue weighted by molar-refractivity contribution is 0.407. The number of nitrogens with zero attached hydrogens (tertiary/aromatic N) is 3. The van der Waals surface area contributed by atoms with Gasteiger partial charge in [0.2, 0.25) is 0 Å². The molecule has 0 saturated heterocycles. The van der Waals surface area contributed by atoms with Crippen molar-refractivity contribution < 1.29 is 0 Å². The van der Waals surface area contributed by atoms with Gasteiger partial charge in [-0.2, -0.15) is 10.4 Å². The second-order valence-corrected chi connectivity index (χ2v) is 4.94. The summed E-state index contributed by atoms with van der Waals surface area (Å²) in [5.74, 6) is 0. The molecule has 0 atom stereocenters. The summed E-state index contributed by atoms with van der Waals surface area (Å²) < 4.78 is 2.88. The maximum atomic E-state index is 8.82. The Kier molecular flexibility index (Phi) is 3.70. The molecule has 1 heterocycles. The highest BCUT2D eigenvalue weighted by Crippen LogP contribution is 2.21. The first-order valence-corrected chi connectivity index (χ1v) is 5.42. The quantitative estimate of drug-likeness (QED) is 0.830. The molecule has 1 aromatic rings. The molecule has 0 aliphatic carbocycles. The SMILES string of the molecule is CC(C)(C#N)CCCn1cc(Br)cn1. The summed E-state index contributed by atoms with van der Waals surface area (Å²) in [7, 11) is 0. The van der Waals surface area contributed by atoms with Crippen molar-refractivity contribution in [3.8, 4) is 6.07 Å². The van der Waals surface area contributed by atoms with Crippen LogP contribution in [0.15, 0.2) is 16.9 Å². The van der Waals surface area contributed by atoms with E-state index in [2.05, 4.69) is 27.1 Å². The predicted octanol–water partition coefficient (Wildman–Crippen LogP) is 2.98. The van der Waals surface area contributed by atoms with Crippen LogP contribution in [0.2, 0.25) is 0 Å². The number of hydrogen-bond acceptors (Lipinski definition) is 2. The molecule has 1 aromatic heterocycles. The van der Waals surface area contributed by atoms with E-state index in [-0.39, 0.29) is 5.41 Å². The van der Waals surface area contributed by atoms with Gasteiger partial charge in [-0.25, -0.2) is 0 Å². The Labute approximate surface area is 92.9 Å². The van der Waals surface area contributed by atoms with Crippen LogP contribution in [0.4, 0.5) is 0 Å². The molecular formula is C10H14BrN3. The molecule has 0 bridgehead atoms. The van der Waals surface area contributed by atoms with E-state index in [1.807, 2.05) is 24.7 Å². The van der Waals surface area contributed by atoms with Crippen LogP contribution in [0, 0.1) is 16.7 Å². The molecule has 0 unspecified atom stereocenters. The number of halogens is 1. The summed E-state index contributed by atoms with van der Waals surface area (Å²) in [5.41, 5.74) is -0.218. The van der Waals surface area contributed by atoms with Crippen molar-refractivity contribution in [1.29, 1.82) is 5.26 Å². The van der Waals surface area contributed by atoms with Crippen molar-refractivity contribution in [2.45, 2.75) is 33.2 Å². The standard InChI is InChI=1S/C10H14BrN3/c1-10(2,8-12)4-3-5-14-7-9(11)6-13-14/h6-7H,3-5H2,1-2H3. The first-order chi connectivity index (χ1) is 6.53. The zero-order chi connectivity index (χ0) is 10.6. The zero-order valence-electron chi connectivity index (χ0n) is 8.50. The Bertz CT molecular complexity index is 335. The van der Waals surface area contributed by atoms with E-state index in [4.69, 9.17) is 5.26 Å². The minimum absolute atomic E-state index is 0.218. The molecule has 76 valence electrons. The van der Waals surface area contributed by atoms with Crippen molar-refractivity contribution in [2.24, 2.45) is 5.41 Å². The van der Waals surface area contributed by atoms with Crippen LogP contribution in [0.25, 0.3) is 0 Å². The van der Waals surface area contributed by atoms with Crippen LogP contribution in [0.5, 0.6) is 0 Å². The third-order valence-corrected chi connectivity index (χ3v) is 2.50. The van der Waals surface area contributed by atoms with Gasteiger partial charge >= 0.3 is 0 Å². The molecule has 0 N–H and O–H groups in total. The fourth-order valence-electron chi connectivity index (χ4n) is 1.20. The van der Waals surface area contributed by atoms with E-state index in [1.54, 1.807) is 6.20 Å². The van der Waals surface area contributed by atoms with Gasteiger partial charge in [0.15, 0.2) is 0 Å². The van der Waals surface area contributed by atoms with Gasteiger partial charge in [0, 0.05) is 12.7 Å². The Morgan fingerprint density at radius 2 is 2.36 bits per heavy atom. The molecule has 14 heavy (non-hydrogen) atoms. The van der Waals surface area contributed by atoms with Gasteiger partial charge in [0.25, 0.3) is 0 Å². The molecule has 3 nitrogen and oxygen atoms in total. The van der Waals surface area contributed by atoms with E-state index in [9.17, 15) is 0 Å². The van der Waals surface area contributed by atoms with Gasteiger partial charge in [-0.3, -0.25) is 4.68 Å². The molecule has 0 fully saturated rings. The van der Waals surface area contributed by atoms with Crippen LogP contribution in [-0.2, 0) is 6.54 Å².